The maximum absolute atomic E-state index is 13.1. The number of halogens is 2. The smallest absolute Gasteiger partial charge is 0.341 e. The largest absolute Gasteiger partial charge is 0.490 e. The Labute approximate surface area is 189 Å². The van der Waals surface area contributed by atoms with Crippen LogP contribution in [0.3, 0.4) is 0 Å². The molecule has 1 aliphatic rings. The number of benzene rings is 2. The van der Waals surface area contributed by atoms with Crippen molar-refractivity contribution in [3.05, 3.63) is 62.7 Å². The molecule has 1 aliphatic heterocycles. The van der Waals surface area contributed by atoms with Gasteiger partial charge in [0.05, 0.1) is 18.1 Å². The minimum Gasteiger partial charge on any atom is -0.490 e. The molecule has 0 saturated carbocycles. The van der Waals surface area contributed by atoms with Crippen molar-refractivity contribution in [3.8, 4) is 11.5 Å². The van der Waals surface area contributed by atoms with Crippen LogP contribution in [0, 0.1) is 5.82 Å². The Balaban J connectivity index is 1.85. The molecular weight excluding hydrogens is 493 g/mol. The number of rotatable bonds is 8. The van der Waals surface area contributed by atoms with Gasteiger partial charge in [-0.1, -0.05) is 28.1 Å². The van der Waals surface area contributed by atoms with Crippen molar-refractivity contribution >= 4 is 50.9 Å². The summed E-state index contributed by atoms with van der Waals surface area (Å²) in [6.07, 6.45) is 1.54. The fraction of sp³-hybridized carbons (Fsp3) is 0.190. The number of carboxylic acids is 1. The molecule has 0 bridgehead atoms. The second-order valence-electron chi connectivity index (χ2n) is 6.33. The molecule has 7 nitrogen and oxygen atoms in total. The van der Waals surface area contributed by atoms with Crippen molar-refractivity contribution in [2.24, 2.45) is 0 Å². The number of aliphatic carboxylic acids is 1. The lowest BCUT2D eigenvalue weighted by atomic mass is 10.1. The fourth-order valence-corrected chi connectivity index (χ4v) is 4.00. The molecule has 0 aliphatic carbocycles. The third kappa shape index (κ3) is 5.65. The van der Waals surface area contributed by atoms with Crippen LogP contribution in [-0.2, 0) is 16.1 Å². The van der Waals surface area contributed by atoms with E-state index in [-0.39, 0.29) is 17.2 Å². The Bertz CT molecular complexity index is 1060. The highest BCUT2D eigenvalue weighted by atomic mass is 79.9. The first-order valence-corrected chi connectivity index (χ1v) is 10.7. The van der Waals surface area contributed by atoms with E-state index in [0.29, 0.717) is 28.0 Å². The van der Waals surface area contributed by atoms with Gasteiger partial charge in [0.15, 0.2) is 18.1 Å². The first kappa shape index (κ1) is 22.8. The lowest BCUT2D eigenvalue weighted by Crippen LogP contribution is -2.27. The molecule has 0 unspecified atom stereocenters. The Kier molecular flexibility index (Phi) is 7.34. The summed E-state index contributed by atoms with van der Waals surface area (Å²) in [4.78, 5) is 37.2. The number of carboxylic acid groups (broad SMARTS) is 1. The van der Waals surface area contributed by atoms with E-state index in [0.717, 1.165) is 16.7 Å². The van der Waals surface area contributed by atoms with E-state index >= 15 is 0 Å². The van der Waals surface area contributed by atoms with Gasteiger partial charge < -0.3 is 14.6 Å². The second-order valence-corrected chi connectivity index (χ2v) is 8.18. The standard InChI is InChI=1S/C21H17BrFNO6S/c1-2-29-16-7-13(15(22)9-17(16)30-11-19(25)26)8-18-20(27)24(21(28)31-18)10-12-3-5-14(23)6-4-12/h3-9H,2,10-11H2,1H3,(H,25,26). The minimum atomic E-state index is -1.13. The van der Waals surface area contributed by atoms with E-state index in [2.05, 4.69) is 15.9 Å². The SMILES string of the molecule is CCOc1cc(C=C2SC(=O)N(Cc3ccc(F)cc3)C2=O)c(Br)cc1OCC(=O)O. The van der Waals surface area contributed by atoms with Gasteiger partial charge in [0, 0.05) is 4.47 Å². The Morgan fingerprint density at radius 2 is 1.87 bits per heavy atom. The van der Waals surface area contributed by atoms with Crippen molar-refractivity contribution in [3.63, 3.8) is 0 Å². The van der Waals surface area contributed by atoms with Crippen molar-refractivity contribution in [2.45, 2.75) is 13.5 Å². The third-order valence-corrected chi connectivity index (χ3v) is 5.72. The number of hydrogen-bond donors (Lipinski definition) is 1. The number of amides is 2. The molecule has 0 spiro atoms. The van der Waals surface area contributed by atoms with Crippen molar-refractivity contribution in [1.29, 1.82) is 0 Å². The van der Waals surface area contributed by atoms with Crippen LogP contribution < -0.4 is 9.47 Å². The lowest BCUT2D eigenvalue weighted by Gasteiger charge is -2.13. The molecular formula is C21H17BrFNO6S. The van der Waals surface area contributed by atoms with Crippen LogP contribution in [0.4, 0.5) is 9.18 Å². The maximum Gasteiger partial charge on any atom is 0.341 e. The number of thioether (sulfide) groups is 1. The molecule has 2 aromatic rings. The molecule has 10 heteroatoms. The zero-order valence-corrected chi connectivity index (χ0v) is 18.7. The number of nitrogens with zero attached hydrogens (tertiary/aromatic N) is 1. The summed E-state index contributed by atoms with van der Waals surface area (Å²) in [5.41, 5.74) is 1.18. The summed E-state index contributed by atoms with van der Waals surface area (Å²) in [6.45, 7) is 1.59. The zero-order chi connectivity index (χ0) is 22.5. The van der Waals surface area contributed by atoms with Gasteiger partial charge >= 0.3 is 5.97 Å². The van der Waals surface area contributed by atoms with Crippen LogP contribution in [0.2, 0.25) is 0 Å². The molecule has 3 rings (SSSR count). The maximum atomic E-state index is 13.1. The molecule has 0 aromatic heterocycles. The van der Waals surface area contributed by atoms with E-state index in [1.165, 1.54) is 24.3 Å². The molecule has 2 amide bonds. The van der Waals surface area contributed by atoms with Gasteiger partial charge in [0.25, 0.3) is 11.1 Å². The van der Waals surface area contributed by atoms with Crippen molar-refractivity contribution in [2.75, 3.05) is 13.2 Å². The molecule has 1 fully saturated rings. The summed E-state index contributed by atoms with van der Waals surface area (Å²) in [5.74, 6) is -1.45. The van der Waals surface area contributed by atoms with Gasteiger partial charge in [-0.2, -0.15) is 0 Å². The number of carbonyl (C=O) groups excluding carboxylic acids is 2. The highest BCUT2D eigenvalue weighted by molar-refractivity contribution is 9.10. The molecule has 1 N–H and O–H groups in total. The Morgan fingerprint density at radius 1 is 1.19 bits per heavy atom. The molecule has 31 heavy (non-hydrogen) atoms. The molecule has 1 saturated heterocycles. The number of hydrogen-bond acceptors (Lipinski definition) is 6. The normalized spacial score (nSPS) is 14.9. The first-order valence-electron chi connectivity index (χ1n) is 9.09. The predicted octanol–water partition coefficient (Wildman–Crippen LogP) is 4.69. The number of imide groups is 1. The first-order chi connectivity index (χ1) is 14.8. The summed E-state index contributed by atoms with van der Waals surface area (Å²) in [7, 11) is 0. The van der Waals surface area contributed by atoms with E-state index in [9.17, 15) is 18.8 Å². The average molecular weight is 510 g/mol. The second kappa shape index (κ2) is 9.97. The summed E-state index contributed by atoms with van der Waals surface area (Å²) >= 11 is 4.17. The van der Waals surface area contributed by atoms with Crippen LogP contribution in [0.5, 0.6) is 11.5 Å². The molecule has 0 radical (unpaired) electrons. The Hall–Kier alpha value is -2.85. The van der Waals surface area contributed by atoms with Crippen molar-refractivity contribution in [1.82, 2.24) is 4.90 Å². The lowest BCUT2D eigenvalue weighted by molar-refractivity contribution is -0.139. The topological polar surface area (TPSA) is 93.1 Å². The van der Waals surface area contributed by atoms with Crippen LogP contribution in [-0.4, -0.2) is 40.3 Å². The minimum absolute atomic E-state index is 0.0373. The summed E-state index contributed by atoms with van der Waals surface area (Å²) < 4.78 is 24.4. The van der Waals surface area contributed by atoms with Gasteiger partial charge in [-0.15, -0.1) is 0 Å². The third-order valence-electron chi connectivity index (χ3n) is 4.13. The summed E-state index contributed by atoms with van der Waals surface area (Å²) in [6, 6.07) is 8.71. The quantitative estimate of drug-likeness (QED) is 0.516. The van der Waals surface area contributed by atoms with E-state index in [1.807, 2.05) is 0 Å². The van der Waals surface area contributed by atoms with Crippen LogP contribution >= 0.6 is 27.7 Å². The van der Waals surface area contributed by atoms with E-state index < -0.39 is 29.5 Å². The predicted molar refractivity (Wildman–Crippen MR) is 116 cm³/mol. The van der Waals surface area contributed by atoms with E-state index in [4.69, 9.17) is 14.6 Å². The van der Waals surface area contributed by atoms with Gasteiger partial charge in [0.1, 0.15) is 5.82 Å². The van der Waals surface area contributed by atoms with Gasteiger partial charge in [-0.05, 0) is 60.2 Å². The van der Waals surface area contributed by atoms with E-state index in [1.54, 1.807) is 25.1 Å². The summed E-state index contributed by atoms with van der Waals surface area (Å²) in [5, 5.41) is 8.40. The highest BCUT2D eigenvalue weighted by Gasteiger charge is 2.35. The Morgan fingerprint density at radius 3 is 2.52 bits per heavy atom. The van der Waals surface area contributed by atoms with Gasteiger partial charge in [-0.3, -0.25) is 14.5 Å². The molecule has 162 valence electrons. The van der Waals surface area contributed by atoms with Crippen LogP contribution in [0.15, 0.2) is 45.8 Å². The number of carbonyl (C=O) groups is 3. The highest BCUT2D eigenvalue weighted by Crippen LogP contribution is 2.38. The van der Waals surface area contributed by atoms with Crippen LogP contribution in [0.25, 0.3) is 6.08 Å². The fourth-order valence-electron chi connectivity index (χ4n) is 2.73. The van der Waals surface area contributed by atoms with Gasteiger partial charge in [0.2, 0.25) is 0 Å². The van der Waals surface area contributed by atoms with Crippen molar-refractivity contribution < 1.29 is 33.4 Å². The average Bonchev–Trinajstić information content (AvgIpc) is 2.98. The van der Waals surface area contributed by atoms with Crippen LogP contribution in [0.1, 0.15) is 18.1 Å². The molecule has 1 heterocycles. The van der Waals surface area contributed by atoms with Gasteiger partial charge in [-0.25, -0.2) is 9.18 Å². The number of ether oxygens (including phenoxy) is 2. The zero-order valence-electron chi connectivity index (χ0n) is 16.3. The monoisotopic (exact) mass is 509 g/mol. The molecule has 2 aromatic carbocycles. The molecule has 0 atom stereocenters.